The number of aliphatic hydroxyl groups excluding tert-OH is 1. The average Bonchev–Trinajstić information content (AvgIpc) is 3.04. The van der Waals surface area contributed by atoms with Crippen molar-refractivity contribution in [3.63, 3.8) is 0 Å². The first-order valence-corrected chi connectivity index (χ1v) is 8.39. The fourth-order valence-electron chi connectivity index (χ4n) is 3.73. The van der Waals surface area contributed by atoms with Crippen LogP contribution in [0.2, 0.25) is 0 Å². The summed E-state index contributed by atoms with van der Waals surface area (Å²) in [5.74, 6) is 1.29. The normalized spacial score (nSPS) is 27.1. The van der Waals surface area contributed by atoms with Gasteiger partial charge in [-0.15, -0.1) is 0 Å². The number of aromatic nitrogens is 1. The van der Waals surface area contributed by atoms with Crippen molar-refractivity contribution in [2.24, 2.45) is 5.92 Å². The number of piperidine rings is 1. The van der Waals surface area contributed by atoms with Gasteiger partial charge in [0.2, 0.25) is 0 Å². The summed E-state index contributed by atoms with van der Waals surface area (Å²) >= 11 is 1.71. The van der Waals surface area contributed by atoms with E-state index in [-0.39, 0.29) is 6.61 Å². The molecule has 2 atom stereocenters. The summed E-state index contributed by atoms with van der Waals surface area (Å²) in [5.41, 5.74) is 1.10. The van der Waals surface area contributed by atoms with Crippen molar-refractivity contribution >= 4 is 16.5 Å². The van der Waals surface area contributed by atoms with Gasteiger partial charge in [0.05, 0.1) is 17.2 Å². The van der Waals surface area contributed by atoms with Crippen molar-refractivity contribution in [2.45, 2.75) is 64.5 Å². The Labute approximate surface area is 119 Å². The maximum absolute atomic E-state index is 9.52. The molecule has 4 heteroatoms. The van der Waals surface area contributed by atoms with E-state index >= 15 is 0 Å². The highest BCUT2D eigenvalue weighted by Crippen LogP contribution is 2.41. The van der Waals surface area contributed by atoms with E-state index < -0.39 is 0 Å². The minimum Gasteiger partial charge on any atom is -0.391 e. The number of hydrogen-bond donors (Lipinski definition) is 1. The summed E-state index contributed by atoms with van der Waals surface area (Å²) < 4.78 is 0. The number of anilines is 1. The van der Waals surface area contributed by atoms with Crippen LogP contribution in [0.15, 0.2) is 0 Å². The fourth-order valence-corrected chi connectivity index (χ4v) is 4.89. The second-order valence-electron chi connectivity index (χ2n) is 6.21. The molecular weight excluding hydrogens is 256 g/mol. The van der Waals surface area contributed by atoms with Crippen LogP contribution in [0.5, 0.6) is 0 Å². The molecule has 2 unspecified atom stereocenters. The van der Waals surface area contributed by atoms with Crippen LogP contribution >= 0.6 is 11.3 Å². The number of aliphatic hydroxyl groups is 1. The fraction of sp³-hybridized carbons (Fsp3) is 0.800. The smallest absolute Gasteiger partial charge is 0.186 e. The molecule has 1 saturated heterocycles. The van der Waals surface area contributed by atoms with Gasteiger partial charge >= 0.3 is 0 Å². The topological polar surface area (TPSA) is 36.4 Å². The van der Waals surface area contributed by atoms with E-state index in [4.69, 9.17) is 4.98 Å². The van der Waals surface area contributed by atoms with Gasteiger partial charge in [0.25, 0.3) is 0 Å². The summed E-state index contributed by atoms with van der Waals surface area (Å²) in [6.45, 7) is 5.60. The quantitative estimate of drug-likeness (QED) is 0.920. The number of rotatable bonds is 3. The minimum atomic E-state index is 0.132. The molecule has 0 bridgehead atoms. The molecule has 1 saturated carbocycles. The molecule has 106 valence electrons. The van der Waals surface area contributed by atoms with Crippen molar-refractivity contribution in [3.8, 4) is 0 Å². The van der Waals surface area contributed by atoms with Crippen LogP contribution in [-0.2, 0) is 6.61 Å². The number of nitrogens with zero attached hydrogens (tertiary/aromatic N) is 2. The van der Waals surface area contributed by atoms with Crippen LogP contribution < -0.4 is 4.90 Å². The summed E-state index contributed by atoms with van der Waals surface area (Å²) in [6, 6.07) is 0.714. The van der Waals surface area contributed by atoms with Crippen molar-refractivity contribution < 1.29 is 5.11 Å². The van der Waals surface area contributed by atoms with E-state index in [1.807, 2.05) is 0 Å². The maximum Gasteiger partial charge on any atom is 0.186 e. The average molecular weight is 280 g/mol. The Kier molecular flexibility index (Phi) is 3.81. The van der Waals surface area contributed by atoms with Crippen LogP contribution in [0.3, 0.4) is 0 Å². The lowest BCUT2D eigenvalue weighted by molar-refractivity contribution is 0.283. The molecule has 0 radical (unpaired) electrons. The minimum absolute atomic E-state index is 0.132. The largest absolute Gasteiger partial charge is 0.391 e. The predicted octanol–water partition coefficient (Wildman–Crippen LogP) is 3.53. The van der Waals surface area contributed by atoms with E-state index in [1.165, 1.54) is 32.1 Å². The molecule has 1 aliphatic carbocycles. The monoisotopic (exact) mass is 280 g/mol. The summed E-state index contributed by atoms with van der Waals surface area (Å²) in [4.78, 5) is 8.45. The van der Waals surface area contributed by atoms with Crippen LogP contribution in [0.1, 0.15) is 62.4 Å². The predicted molar refractivity (Wildman–Crippen MR) is 79.8 cm³/mol. The van der Waals surface area contributed by atoms with Gasteiger partial charge in [0.15, 0.2) is 5.13 Å². The molecule has 19 heavy (non-hydrogen) atoms. The zero-order valence-corrected chi connectivity index (χ0v) is 12.7. The molecule has 0 spiro atoms. The molecular formula is C15H24N2OS. The van der Waals surface area contributed by atoms with E-state index in [1.54, 1.807) is 11.3 Å². The van der Waals surface area contributed by atoms with Crippen molar-refractivity contribution in [1.29, 1.82) is 0 Å². The Hall–Kier alpha value is -0.610. The van der Waals surface area contributed by atoms with Crippen molar-refractivity contribution in [2.75, 3.05) is 11.4 Å². The van der Waals surface area contributed by atoms with E-state index in [9.17, 15) is 5.11 Å². The molecule has 1 aromatic heterocycles. The third-order valence-electron chi connectivity index (χ3n) is 4.65. The third kappa shape index (κ3) is 2.40. The Morgan fingerprint density at radius 3 is 2.79 bits per heavy atom. The lowest BCUT2D eigenvalue weighted by Crippen LogP contribution is -2.42. The van der Waals surface area contributed by atoms with E-state index in [0.717, 1.165) is 28.2 Å². The highest BCUT2D eigenvalue weighted by Gasteiger charge is 2.36. The zero-order valence-electron chi connectivity index (χ0n) is 11.9. The maximum atomic E-state index is 9.52. The molecule has 2 fully saturated rings. The Bertz CT molecular complexity index is 443. The van der Waals surface area contributed by atoms with Crippen LogP contribution in [0, 0.1) is 5.92 Å². The summed E-state index contributed by atoms with van der Waals surface area (Å²) in [7, 11) is 0. The number of fused-ring (bicyclic) bond motifs is 1. The van der Waals surface area contributed by atoms with Crippen molar-refractivity contribution in [1.82, 2.24) is 4.98 Å². The molecule has 3 nitrogen and oxygen atoms in total. The van der Waals surface area contributed by atoms with E-state index in [0.29, 0.717) is 12.0 Å². The van der Waals surface area contributed by atoms with Crippen LogP contribution in [0.25, 0.3) is 0 Å². The first-order chi connectivity index (χ1) is 9.20. The van der Waals surface area contributed by atoms with E-state index in [2.05, 4.69) is 18.7 Å². The SMILES string of the molecule is CC(C)c1nc(N2CCCC3CCCC32)sc1CO. The second-order valence-corrected chi connectivity index (χ2v) is 7.27. The summed E-state index contributed by atoms with van der Waals surface area (Å²) in [5, 5.41) is 10.7. The van der Waals surface area contributed by atoms with Gasteiger partial charge < -0.3 is 10.0 Å². The highest BCUT2D eigenvalue weighted by atomic mass is 32.1. The molecule has 1 aromatic rings. The molecule has 2 aliphatic rings. The molecule has 0 amide bonds. The van der Waals surface area contributed by atoms with Gasteiger partial charge in [-0.1, -0.05) is 31.6 Å². The Morgan fingerprint density at radius 2 is 2.11 bits per heavy atom. The molecule has 1 aliphatic heterocycles. The van der Waals surface area contributed by atoms with Crippen LogP contribution in [0.4, 0.5) is 5.13 Å². The van der Waals surface area contributed by atoms with Gasteiger partial charge in [-0.05, 0) is 37.5 Å². The lowest BCUT2D eigenvalue weighted by Gasteiger charge is -2.37. The zero-order chi connectivity index (χ0) is 13.4. The molecule has 3 rings (SSSR count). The standard InChI is InChI=1S/C15H24N2OS/c1-10(2)14-13(9-18)19-15(16-14)17-8-4-6-11-5-3-7-12(11)17/h10-12,18H,3-9H2,1-2H3. The lowest BCUT2D eigenvalue weighted by atomic mass is 9.92. The molecule has 0 aromatic carbocycles. The Balaban J connectivity index is 1.88. The first kappa shape index (κ1) is 13.4. The second kappa shape index (κ2) is 5.41. The van der Waals surface area contributed by atoms with Gasteiger partial charge in [-0.3, -0.25) is 0 Å². The Morgan fingerprint density at radius 1 is 1.32 bits per heavy atom. The number of thiazole rings is 1. The third-order valence-corrected chi connectivity index (χ3v) is 5.74. The first-order valence-electron chi connectivity index (χ1n) is 7.57. The molecule has 1 N–H and O–H groups in total. The highest BCUT2D eigenvalue weighted by molar-refractivity contribution is 7.15. The summed E-state index contributed by atoms with van der Waals surface area (Å²) in [6.07, 6.45) is 6.80. The molecule has 2 heterocycles. The van der Waals surface area contributed by atoms with Gasteiger partial charge in [-0.2, -0.15) is 0 Å². The van der Waals surface area contributed by atoms with Gasteiger partial charge in [0, 0.05) is 12.6 Å². The van der Waals surface area contributed by atoms with Gasteiger partial charge in [0.1, 0.15) is 0 Å². The van der Waals surface area contributed by atoms with Crippen LogP contribution in [-0.4, -0.2) is 22.7 Å². The van der Waals surface area contributed by atoms with Gasteiger partial charge in [-0.25, -0.2) is 4.98 Å². The number of hydrogen-bond acceptors (Lipinski definition) is 4. The van der Waals surface area contributed by atoms with Crippen molar-refractivity contribution in [3.05, 3.63) is 10.6 Å².